The fourth-order valence-corrected chi connectivity index (χ4v) is 2.95. The molecular formula is C17H22N2O. The first-order valence-electron chi connectivity index (χ1n) is 7.35. The maximum absolute atomic E-state index is 12.3. The first-order valence-corrected chi connectivity index (χ1v) is 7.35. The highest BCUT2D eigenvalue weighted by Gasteiger charge is 2.25. The Morgan fingerprint density at radius 1 is 1.35 bits per heavy atom. The summed E-state index contributed by atoms with van der Waals surface area (Å²) in [6, 6.07) is 9.76. The van der Waals surface area contributed by atoms with Crippen molar-refractivity contribution >= 4 is 5.91 Å². The summed E-state index contributed by atoms with van der Waals surface area (Å²) in [6.45, 7) is 2.27. The highest BCUT2D eigenvalue weighted by atomic mass is 16.2. The Labute approximate surface area is 121 Å². The molecule has 0 spiro atoms. The summed E-state index contributed by atoms with van der Waals surface area (Å²) in [5.41, 5.74) is 1.61. The van der Waals surface area contributed by atoms with E-state index in [9.17, 15) is 4.79 Å². The molecule has 2 atom stereocenters. The summed E-state index contributed by atoms with van der Waals surface area (Å²) >= 11 is 0. The highest BCUT2D eigenvalue weighted by molar-refractivity contribution is 5.78. The van der Waals surface area contributed by atoms with E-state index in [0.717, 1.165) is 24.3 Å². The predicted molar refractivity (Wildman–Crippen MR) is 79.1 cm³/mol. The van der Waals surface area contributed by atoms with Crippen molar-refractivity contribution in [3.05, 3.63) is 35.4 Å². The molecule has 0 bridgehead atoms. The van der Waals surface area contributed by atoms with E-state index < -0.39 is 0 Å². The SMILES string of the molecule is CC1CCCC(N(C)C(=O)Cc2ccc(C#N)cc2)C1. The molecule has 0 aliphatic heterocycles. The Morgan fingerprint density at radius 3 is 2.65 bits per heavy atom. The molecule has 1 aromatic carbocycles. The van der Waals surface area contributed by atoms with Gasteiger partial charge in [0.2, 0.25) is 5.91 Å². The van der Waals surface area contributed by atoms with Crippen molar-refractivity contribution in [2.45, 2.75) is 45.1 Å². The molecule has 106 valence electrons. The quantitative estimate of drug-likeness (QED) is 0.847. The first-order chi connectivity index (χ1) is 9.60. The maximum atomic E-state index is 12.3. The number of carbonyl (C=O) groups excluding carboxylic acids is 1. The molecule has 2 rings (SSSR count). The number of likely N-dealkylation sites (N-methyl/N-ethyl adjacent to an activating group) is 1. The summed E-state index contributed by atoms with van der Waals surface area (Å²) in [6.07, 6.45) is 5.18. The maximum Gasteiger partial charge on any atom is 0.226 e. The van der Waals surface area contributed by atoms with Gasteiger partial charge in [-0.2, -0.15) is 5.26 Å². The third-order valence-electron chi connectivity index (χ3n) is 4.29. The van der Waals surface area contributed by atoms with Crippen LogP contribution < -0.4 is 0 Å². The number of amides is 1. The van der Waals surface area contributed by atoms with Crippen molar-refractivity contribution in [3.63, 3.8) is 0 Å². The van der Waals surface area contributed by atoms with E-state index in [2.05, 4.69) is 13.0 Å². The van der Waals surface area contributed by atoms with E-state index in [1.807, 2.05) is 24.1 Å². The van der Waals surface area contributed by atoms with Crippen LogP contribution in [0.15, 0.2) is 24.3 Å². The van der Waals surface area contributed by atoms with Gasteiger partial charge in [0.25, 0.3) is 0 Å². The molecular weight excluding hydrogens is 248 g/mol. The molecule has 3 heteroatoms. The van der Waals surface area contributed by atoms with Crippen molar-refractivity contribution < 1.29 is 4.79 Å². The second-order valence-electron chi connectivity index (χ2n) is 5.92. The van der Waals surface area contributed by atoms with Crippen LogP contribution in [0.5, 0.6) is 0 Å². The summed E-state index contributed by atoms with van der Waals surface area (Å²) in [5, 5.41) is 8.77. The van der Waals surface area contributed by atoms with Crippen molar-refractivity contribution in [1.29, 1.82) is 5.26 Å². The molecule has 1 aliphatic rings. The van der Waals surface area contributed by atoms with Gasteiger partial charge in [-0.25, -0.2) is 0 Å². The van der Waals surface area contributed by atoms with Gasteiger partial charge in [0.05, 0.1) is 18.1 Å². The largest absolute Gasteiger partial charge is 0.342 e. The molecule has 1 fully saturated rings. The summed E-state index contributed by atoms with van der Waals surface area (Å²) in [7, 11) is 1.93. The van der Waals surface area contributed by atoms with Gasteiger partial charge >= 0.3 is 0 Å². The lowest BCUT2D eigenvalue weighted by molar-refractivity contribution is -0.132. The number of hydrogen-bond donors (Lipinski definition) is 0. The molecule has 0 radical (unpaired) electrons. The summed E-state index contributed by atoms with van der Waals surface area (Å²) in [5.74, 6) is 0.896. The third kappa shape index (κ3) is 3.60. The van der Waals surface area contributed by atoms with E-state index in [1.54, 1.807) is 12.1 Å². The molecule has 0 N–H and O–H groups in total. The van der Waals surface area contributed by atoms with Crippen LogP contribution in [0.4, 0.5) is 0 Å². The van der Waals surface area contributed by atoms with Crippen LogP contribution >= 0.6 is 0 Å². The lowest BCUT2D eigenvalue weighted by Crippen LogP contribution is -2.40. The zero-order valence-corrected chi connectivity index (χ0v) is 12.3. The van der Waals surface area contributed by atoms with Gasteiger partial charge < -0.3 is 4.90 Å². The molecule has 20 heavy (non-hydrogen) atoms. The first kappa shape index (κ1) is 14.6. The highest BCUT2D eigenvalue weighted by Crippen LogP contribution is 2.27. The molecule has 0 saturated heterocycles. The van der Waals surface area contributed by atoms with E-state index in [1.165, 1.54) is 12.8 Å². The van der Waals surface area contributed by atoms with Gasteiger partial charge in [0.15, 0.2) is 0 Å². The molecule has 1 aromatic rings. The molecule has 1 amide bonds. The lowest BCUT2D eigenvalue weighted by atomic mass is 9.86. The zero-order chi connectivity index (χ0) is 14.5. The van der Waals surface area contributed by atoms with E-state index >= 15 is 0 Å². The molecule has 3 nitrogen and oxygen atoms in total. The van der Waals surface area contributed by atoms with Crippen LogP contribution in [0, 0.1) is 17.2 Å². The van der Waals surface area contributed by atoms with Crippen LogP contribution in [-0.4, -0.2) is 23.9 Å². The Hall–Kier alpha value is -1.82. The number of benzene rings is 1. The fourth-order valence-electron chi connectivity index (χ4n) is 2.95. The molecule has 1 saturated carbocycles. The average Bonchev–Trinajstić information content (AvgIpc) is 2.47. The number of nitriles is 1. The minimum absolute atomic E-state index is 0.175. The predicted octanol–water partition coefficient (Wildman–Crippen LogP) is 3.14. The standard InChI is InChI=1S/C17H22N2O/c1-13-4-3-5-16(10-13)19(2)17(20)11-14-6-8-15(12-18)9-7-14/h6-9,13,16H,3-5,10-11H2,1-2H3. The smallest absolute Gasteiger partial charge is 0.226 e. The number of rotatable bonds is 3. The summed E-state index contributed by atoms with van der Waals surface area (Å²) in [4.78, 5) is 14.3. The number of nitrogens with zero attached hydrogens (tertiary/aromatic N) is 2. The monoisotopic (exact) mass is 270 g/mol. The minimum atomic E-state index is 0.175. The Bertz CT molecular complexity index is 501. The normalized spacial score (nSPS) is 22.1. The van der Waals surface area contributed by atoms with Gasteiger partial charge in [-0.1, -0.05) is 31.9 Å². The van der Waals surface area contributed by atoms with Gasteiger partial charge in [0.1, 0.15) is 0 Å². The van der Waals surface area contributed by atoms with E-state index in [4.69, 9.17) is 5.26 Å². The van der Waals surface area contributed by atoms with Gasteiger partial charge in [-0.05, 0) is 36.5 Å². The second-order valence-corrected chi connectivity index (χ2v) is 5.92. The Morgan fingerprint density at radius 2 is 2.05 bits per heavy atom. The van der Waals surface area contributed by atoms with Crippen LogP contribution in [-0.2, 0) is 11.2 Å². The molecule has 0 aromatic heterocycles. The van der Waals surface area contributed by atoms with Crippen molar-refractivity contribution in [2.75, 3.05) is 7.05 Å². The van der Waals surface area contributed by atoms with Crippen LogP contribution in [0.25, 0.3) is 0 Å². The lowest BCUT2D eigenvalue weighted by Gasteiger charge is -2.34. The van der Waals surface area contributed by atoms with Crippen LogP contribution in [0.3, 0.4) is 0 Å². The minimum Gasteiger partial charge on any atom is -0.342 e. The summed E-state index contributed by atoms with van der Waals surface area (Å²) < 4.78 is 0. The van der Waals surface area contributed by atoms with E-state index in [0.29, 0.717) is 18.0 Å². The van der Waals surface area contributed by atoms with Crippen molar-refractivity contribution in [3.8, 4) is 6.07 Å². The van der Waals surface area contributed by atoms with Gasteiger partial charge in [-0.3, -0.25) is 4.79 Å². The van der Waals surface area contributed by atoms with E-state index in [-0.39, 0.29) is 5.91 Å². The topological polar surface area (TPSA) is 44.1 Å². The molecule has 1 aliphatic carbocycles. The molecule has 0 heterocycles. The van der Waals surface area contributed by atoms with Crippen LogP contribution in [0.1, 0.15) is 43.7 Å². The zero-order valence-electron chi connectivity index (χ0n) is 12.3. The average molecular weight is 270 g/mol. The van der Waals surface area contributed by atoms with Crippen molar-refractivity contribution in [2.24, 2.45) is 5.92 Å². The van der Waals surface area contributed by atoms with Crippen molar-refractivity contribution in [1.82, 2.24) is 4.90 Å². The number of carbonyl (C=O) groups is 1. The van der Waals surface area contributed by atoms with Gasteiger partial charge in [-0.15, -0.1) is 0 Å². The second kappa shape index (κ2) is 6.56. The van der Waals surface area contributed by atoms with Crippen LogP contribution in [0.2, 0.25) is 0 Å². The Balaban J connectivity index is 1.94. The Kier molecular flexibility index (Phi) is 4.79. The fraction of sp³-hybridized carbons (Fsp3) is 0.529. The molecule has 2 unspecified atom stereocenters. The number of hydrogen-bond acceptors (Lipinski definition) is 2. The third-order valence-corrected chi connectivity index (χ3v) is 4.29. The van der Waals surface area contributed by atoms with Gasteiger partial charge in [0, 0.05) is 13.1 Å².